The third-order valence-corrected chi connectivity index (χ3v) is 6.09. The third-order valence-electron chi connectivity index (χ3n) is 5.02. The van der Waals surface area contributed by atoms with Crippen LogP contribution < -0.4 is 10.6 Å². The molecule has 0 saturated carbocycles. The van der Waals surface area contributed by atoms with Crippen molar-refractivity contribution >= 4 is 41.3 Å². The molecule has 0 spiro atoms. The lowest BCUT2D eigenvalue weighted by Gasteiger charge is -2.35. The molecule has 2 aromatic rings. The highest BCUT2D eigenvalue weighted by molar-refractivity contribution is 14.0. The molecule has 1 unspecified atom stereocenters. The highest BCUT2D eigenvalue weighted by atomic mass is 127. The summed E-state index contributed by atoms with van der Waals surface area (Å²) in [4.78, 5) is 12.7. The Hall–Kier alpha value is -1.23. The highest BCUT2D eigenvalue weighted by Crippen LogP contribution is 2.22. The number of nitrogens with one attached hydrogen (secondary N) is 2. The second-order valence-corrected chi connectivity index (χ2v) is 8.41. The van der Waals surface area contributed by atoms with E-state index in [0.29, 0.717) is 0 Å². The summed E-state index contributed by atoms with van der Waals surface area (Å²) < 4.78 is 5.55. The zero-order chi connectivity index (χ0) is 19.9. The number of aryl methyl sites for hydroxylation is 3. The van der Waals surface area contributed by atoms with Gasteiger partial charge < -0.3 is 15.4 Å². The van der Waals surface area contributed by atoms with Crippen molar-refractivity contribution in [3.8, 4) is 0 Å². The normalized spacial score (nSPS) is 16.2. The molecule has 1 atom stereocenters. The number of hydrogen-bond acceptors (Lipinski definition) is 5. The fourth-order valence-electron chi connectivity index (χ4n) is 3.54. The number of nitrogens with zero attached hydrogens (tertiary/aromatic N) is 3. The number of aromatic nitrogens is 1. The number of rotatable bonds is 6. The van der Waals surface area contributed by atoms with Crippen LogP contribution in [0, 0.1) is 20.8 Å². The van der Waals surface area contributed by atoms with Crippen LogP contribution in [0.3, 0.4) is 0 Å². The van der Waals surface area contributed by atoms with Gasteiger partial charge in [0.15, 0.2) is 5.96 Å². The lowest BCUT2D eigenvalue weighted by molar-refractivity contribution is 0.0170. The Morgan fingerprint density at radius 2 is 2.00 bits per heavy atom. The number of morpholine rings is 1. The van der Waals surface area contributed by atoms with Crippen molar-refractivity contribution in [1.82, 2.24) is 20.5 Å². The molecule has 2 heterocycles. The predicted molar refractivity (Wildman–Crippen MR) is 132 cm³/mol. The van der Waals surface area contributed by atoms with Crippen molar-refractivity contribution in [3.63, 3.8) is 0 Å². The maximum absolute atomic E-state index is 5.55. The van der Waals surface area contributed by atoms with E-state index in [2.05, 4.69) is 63.6 Å². The minimum absolute atomic E-state index is 0. The Morgan fingerprint density at radius 3 is 2.62 bits per heavy atom. The summed E-state index contributed by atoms with van der Waals surface area (Å²) in [6, 6.07) is 9.07. The van der Waals surface area contributed by atoms with Gasteiger partial charge in [-0.25, -0.2) is 4.98 Å². The van der Waals surface area contributed by atoms with E-state index in [1.165, 1.54) is 16.0 Å². The van der Waals surface area contributed by atoms with E-state index >= 15 is 0 Å². The van der Waals surface area contributed by atoms with Crippen LogP contribution in [-0.4, -0.2) is 55.7 Å². The van der Waals surface area contributed by atoms with Crippen molar-refractivity contribution in [2.24, 2.45) is 4.99 Å². The van der Waals surface area contributed by atoms with Crippen molar-refractivity contribution in [2.45, 2.75) is 33.4 Å². The molecule has 2 N–H and O–H groups in total. The summed E-state index contributed by atoms with van der Waals surface area (Å²) in [5.41, 5.74) is 3.71. The van der Waals surface area contributed by atoms with Gasteiger partial charge in [-0.05, 0) is 26.3 Å². The van der Waals surface area contributed by atoms with Gasteiger partial charge in [-0.1, -0.05) is 29.8 Å². The Morgan fingerprint density at radius 1 is 1.24 bits per heavy atom. The van der Waals surface area contributed by atoms with Crippen LogP contribution in [0.1, 0.15) is 32.7 Å². The second-order valence-electron chi connectivity index (χ2n) is 7.13. The molecule has 0 amide bonds. The number of benzene rings is 1. The van der Waals surface area contributed by atoms with Gasteiger partial charge in [0.05, 0.1) is 36.5 Å². The SMILES string of the molecule is CN=C(NCc1sc(C)nc1C)NCC(c1cccc(C)c1)N1CCOCC1.I. The van der Waals surface area contributed by atoms with Crippen LogP contribution in [0.25, 0.3) is 0 Å². The quantitative estimate of drug-likeness (QED) is 0.341. The smallest absolute Gasteiger partial charge is 0.191 e. The standard InChI is InChI=1S/C21H31N5OS.HI/c1-15-6-5-7-18(12-15)19(26-8-10-27-11-9-26)13-23-21(22-4)24-14-20-16(2)25-17(3)28-20;/h5-7,12,19H,8-11,13-14H2,1-4H3,(H2,22,23,24);1H. The molecule has 1 fully saturated rings. The van der Waals surface area contributed by atoms with E-state index < -0.39 is 0 Å². The highest BCUT2D eigenvalue weighted by Gasteiger charge is 2.23. The molecule has 29 heavy (non-hydrogen) atoms. The van der Waals surface area contributed by atoms with Gasteiger partial charge in [-0.2, -0.15) is 0 Å². The average Bonchev–Trinajstić information content (AvgIpc) is 3.02. The first-order chi connectivity index (χ1) is 13.6. The minimum atomic E-state index is 0. The van der Waals surface area contributed by atoms with Crippen LogP contribution in [0.5, 0.6) is 0 Å². The topological polar surface area (TPSA) is 61.8 Å². The molecule has 160 valence electrons. The van der Waals surface area contributed by atoms with Crippen LogP contribution in [0.4, 0.5) is 0 Å². The average molecular weight is 529 g/mol. The van der Waals surface area contributed by atoms with Crippen molar-refractivity contribution in [1.29, 1.82) is 0 Å². The van der Waals surface area contributed by atoms with Crippen molar-refractivity contribution < 1.29 is 4.74 Å². The number of aliphatic imine (C=N–C) groups is 1. The molecule has 1 aliphatic heterocycles. The molecule has 1 aromatic heterocycles. The lowest BCUT2D eigenvalue weighted by atomic mass is 10.0. The molecule has 1 saturated heterocycles. The molecule has 0 radical (unpaired) electrons. The van der Waals surface area contributed by atoms with Gasteiger partial charge in [-0.3, -0.25) is 9.89 Å². The molecule has 3 rings (SSSR count). The van der Waals surface area contributed by atoms with Crippen LogP contribution in [0.2, 0.25) is 0 Å². The number of guanidine groups is 1. The summed E-state index contributed by atoms with van der Waals surface area (Å²) >= 11 is 1.73. The van der Waals surface area contributed by atoms with Gasteiger partial charge in [0.25, 0.3) is 0 Å². The second kappa shape index (κ2) is 11.8. The summed E-state index contributed by atoms with van der Waals surface area (Å²) in [7, 11) is 1.82. The molecule has 1 aromatic carbocycles. The van der Waals surface area contributed by atoms with Gasteiger partial charge >= 0.3 is 0 Å². The van der Waals surface area contributed by atoms with Gasteiger partial charge in [-0.15, -0.1) is 35.3 Å². The summed E-state index contributed by atoms with van der Waals surface area (Å²) in [6.45, 7) is 11.3. The summed E-state index contributed by atoms with van der Waals surface area (Å²) in [6.07, 6.45) is 0. The molecule has 0 bridgehead atoms. The van der Waals surface area contributed by atoms with Gasteiger partial charge in [0.2, 0.25) is 0 Å². The summed E-state index contributed by atoms with van der Waals surface area (Å²) in [5.74, 6) is 0.816. The maximum atomic E-state index is 5.55. The Labute approximate surface area is 195 Å². The van der Waals surface area contributed by atoms with E-state index in [0.717, 1.165) is 56.1 Å². The van der Waals surface area contributed by atoms with Crippen LogP contribution in [-0.2, 0) is 11.3 Å². The van der Waals surface area contributed by atoms with E-state index in [1.807, 2.05) is 14.0 Å². The number of halogens is 1. The molecule has 8 heteroatoms. The number of hydrogen-bond donors (Lipinski definition) is 2. The predicted octanol–water partition coefficient (Wildman–Crippen LogP) is 3.42. The van der Waals surface area contributed by atoms with Gasteiger partial charge in [0, 0.05) is 31.6 Å². The monoisotopic (exact) mass is 529 g/mol. The van der Waals surface area contributed by atoms with Gasteiger partial charge in [0.1, 0.15) is 0 Å². The van der Waals surface area contributed by atoms with E-state index in [4.69, 9.17) is 4.74 Å². The first kappa shape index (κ1) is 24.0. The van der Waals surface area contributed by atoms with E-state index in [-0.39, 0.29) is 30.0 Å². The fourth-order valence-corrected chi connectivity index (χ4v) is 4.42. The first-order valence-electron chi connectivity index (χ1n) is 9.82. The zero-order valence-electron chi connectivity index (χ0n) is 17.7. The Kier molecular flexibility index (Phi) is 9.81. The number of ether oxygens (including phenoxy) is 1. The van der Waals surface area contributed by atoms with E-state index in [1.54, 1.807) is 11.3 Å². The molecule has 6 nitrogen and oxygen atoms in total. The van der Waals surface area contributed by atoms with Crippen LogP contribution >= 0.6 is 35.3 Å². The van der Waals surface area contributed by atoms with Crippen molar-refractivity contribution in [3.05, 3.63) is 51.0 Å². The first-order valence-corrected chi connectivity index (χ1v) is 10.6. The Balaban J connectivity index is 0.00000300. The molecular formula is C21H32IN5OS. The fraction of sp³-hybridized carbons (Fsp3) is 0.524. The largest absolute Gasteiger partial charge is 0.379 e. The molecular weight excluding hydrogens is 497 g/mol. The minimum Gasteiger partial charge on any atom is -0.379 e. The Bertz CT molecular complexity index is 804. The summed E-state index contributed by atoms with van der Waals surface area (Å²) in [5, 5.41) is 8.05. The van der Waals surface area contributed by atoms with Crippen molar-refractivity contribution in [2.75, 3.05) is 39.9 Å². The zero-order valence-corrected chi connectivity index (χ0v) is 20.8. The molecule has 1 aliphatic rings. The third kappa shape index (κ3) is 6.91. The maximum Gasteiger partial charge on any atom is 0.191 e. The molecule has 0 aliphatic carbocycles. The van der Waals surface area contributed by atoms with Crippen LogP contribution in [0.15, 0.2) is 29.3 Å². The van der Waals surface area contributed by atoms with E-state index in [9.17, 15) is 0 Å². The lowest BCUT2D eigenvalue weighted by Crippen LogP contribution is -2.46. The number of thiazole rings is 1.